The number of halogens is 1. The van der Waals surface area contributed by atoms with E-state index >= 15 is 0 Å². The summed E-state index contributed by atoms with van der Waals surface area (Å²) in [6.07, 6.45) is -0.0907. The molecule has 0 aromatic heterocycles. The maximum atomic E-state index is 13.0. The van der Waals surface area contributed by atoms with Gasteiger partial charge in [0.05, 0.1) is 0 Å². The maximum Gasteiger partial charge on any atom is 0.137 e. The molecule has 2 nitrogen and oxygen atoms in total. The van der Waals surface area contributed by atoms with Gasteiger partial charge in [-0.3, -0.25) is 4.90 Å². The Balaban J connectivity index is 1.87. The highest BCUT2D eigenvalue weighted by atomic mass is 19.1. The Bertz CT molecular complexity index is 569. The summed E-state index contributed by atoms with van der Waals surface area (Å²) in [6.45, 7) is 2.15. The van der Waals surface area contributed by atoms with E-state index in [-0.39, 0.29) is 24.2 Å². The monoisotopic (exact) mass is 271 g/mol. The first-order chi connectivity index (χ1) is 9.66. The number of benzene rings is 2. The lowest BCUT2D eigenvalue weighted by Crippen LogP contribution is -2.27. The molecule has 1 aliphatic rings. The van der Waals surface area contributed by atoms with Crippen LogP contribution in [0.2, 0.25) is 0 Å². The van der Waals surface area contributed by atoms with E-state index in [9.17, 15) is 4.39 Å². The highest BCUT2D eigenvalue weighted by Crippen LogP contribution is 2.40. The van der Waals surface area contributed by atoms with E-state index < -0.39 is 0 Å². The molecular weight excluding hydrogens is 253 g/mol. The third kappa shape index (κ3) is 2.35. The lowest BCUT2D eigenvalue weighted by Gasteiger charge is -2.21. The van der Waals surface area contributed by atoms with E-state index in [1.165, 1.54) is 17.7 Å². The fraction of sp³-hybridized carbons (Fsp3) is 0.294. The van der Waals surface area contributed by atoms with Crippen molar-refractivity contribution >= 4 is 0 Å². The summed E-state index contributed by atoms with van der Waals surface area (Å²) in [6, 6.07) is 17.0. The average molecular weight is 271 g/mol. The van der Waals surface area contributed by atoms with Crippen LogP contribution in [0.25, 0.3) is 0 Å². The number of hydrogen-bond acceptors (Lipinski definition) is 2. The van der Waals surface area contributed by atoms with Crippen molar-refractivity contribution in [1.29, 1.82) is 0 Å². The number of hydrogen-bond donors (Lipinski definition) is 0. The van der Waals surface area contributed by atoms with E-state index in [1.54, 1.807) is 12.1 Å². The van der Waals surface area contributed by atoms with Gasteiger partial charge < -0.3 is 4.74 Å². The van der Waals surface area contributed by atoms with Crippen LogP contribution in [0.3, 0.4) is 0 Å². The van der Waals surface area contributed by atoms with Crippen LogP contribution in [0.1, 0.15) is 30.4 Å². The minimum atomic E-state index is -0.220. The first kappa shape index (κ1) is 13.3. The summed E-state index contributed by atoms with van der Waals surface area (Å²) in [5.74, 6) is -0.220. The number of ether oxygens (including phenoxy) is 1. The molecule has 3 atom stereocenters. The predicted molar refractivity (Wildman–Crippen MR) is 76.6 cm³/mol. The average Bonchev–Trinajstić information content (AvgIpc) is 2.77. The molecule has 3 rings (SSSR count). The topological polar surface area (TPSA) is 12.5 Å². The SMILES string of the molecule is C[C@H]1[C@H](c2ccccc2)O[C@@H](c2ccc(F)cc2)N1C. The molecule has 2 aromatic carbocycles. The van der Waals surface area contributed by atoms with E-state index in [1.807, 2.05) is 25.2 Å². The van der Waals surface area contributed by atoms with Gasteiger partial charge in [0.25, 0.3) is 0 Å². The Morgan fingerprint density at radius 1 is 0.950 bits per heavy atom. The molecule has 2 aromatic rings. The number of likely N-dealkylation sites (N-methyl/N-ethyl adjacent to an activating group) is 1. The Kier molecular flexibility index (Phi) is 3.55. The molecule has 0 bridgehead atoms. The highest BCUT2D eigenvalue weighted by Gasteiger charge is 2.38. The molecule has 0 amide bonds. The number of rotatable bonds is 2. The van der Waals surface area contributed by atoms with Crippen LogP contribution in [-0.2, 0) is 4.74 Å². The van der Waals surface area contributed by atoms with Crippen LogP contribution in [0.5, 0.6) is 0 Å². The molecule has 104 valence electrons. The maximum absolute atomic E-state index is 13.0. The van der Waals surface area contributed by atoms with E-state index in [0.29, 0.717) is 0 Å². The fourth-order valence-corrected chi connectivity index (χ4v) is 2.72. The van der Waals surface area contributed by atoms with Gasteiger partial charge in [-0.15, -0.1) is 0 Å². The van der Waals surface area contributed by atoms with Crippen molar-refractivity contribution in [1.82, 2.24) is 4.90 Å². The minimum Gasteiger partial charge on any atom is -0.349 e. The molecule has 0 saturated carbocycles. The van der Waals surface area contributed by atoms with Crippen molar-refractivity contribution in [3.63, 3.8) is 0 Å². The summed E-state index contributed by atoms with van der Waals surface area (Å²) >= 11 is 0. The van der Waals surface area contributed by atoms with Crippen LogP contribution < -0.4 is 0 Å². The van der Waals surface area contributed by atoms with Crippen LogP contribution >= 0.6 is 0 Å². The molecule has 0 unspecified atom stereocenters. The second-order valence-electron chi connectivity index (χ2n) is 5.28. The fourth-order valence-electron chi connectivity index (χ4n) is 2.72. The molecule has 1 aliphatic heterocycles. The van der Waals surface area contributed by atoms with Crippen LogP contribution in [-0.4, -0.2) is 18.0 Å². The van der Waals surface area contributed by atoms with Gasteiger partial charge in [-0.05, 0) is 37.2 Å². The Morgan fingerprint density at radius 3 is 2.25 bits per heavy atom. The molecule has 1 fully saturated rings. The number of nitrogens with zero attached hydrogens (tertiary/aromatic N) is 1. The molecule has 0 radical (unpaired) electrons. The zero-order valence-corrected chi connectivity index (χ0v) is 11.7. The lowest BCUT2D eigenvalue weighted by atomic mass is 10.0. The third-order valence-corrected chi connectivity index (χ3v) is 4.01. The molecule has 0 N–H and O–H groups in total. The summed E-state index contributed by atoms with van der Waals surface area (Å²) in [7, 11) is 2.04. The van der Waals surface area contributed by atoms with Crippen molar-refractivity contribution < 1.29 is 9.13 Å². The van der Waals surface area contributed by atoms with Gasteiger partial charge in [0.15, 0.2) is 0 Å². The normalized spacial score (nSPS) is 26.9. The summed E-state index contributed by atoms with van der Waals surface area (Å²) in [5.41, 5.74) is 2.16. The zero-order chi connectivity index (χ0) is 14.1. The quantitative estimate of drug-likeness (QED) is 0.821. The first-order valence-electron chi connectivity index (χ1n) is 6.84. The van der Waals surface area contributed by atoms with Gasteiger partial charge in [0, 0.05) is 6.04 Å². The lowest BCUT2D eigenvalue weighted by molar-refractivity contribution is 0.00556. The first-order valence-corrected chi connectivity index (χ1v) is 6.84. The smallest absolute Gasteiger partial charge is 0.137 e. The molecule has 0 spiro atoms. The van der Waals surface area contributed by atoms with Gasteiger partial charge in [0.2, 0.25) is 0 Å². The van der Waals surface area contributed by atoms with Crippen molar-refractivity contribution in [2.45, 2.75) is 25.3 Å². The Labute approximate surface area is 118 Å². The van der Waals surface area contributed by atoms with Gasteiger partial charge >= 0.3 is 0 Å². The molecule has 0 aliphatic carbocycles. The van der Waals surface area contributed by atoms with Crippen molar-refractivity contribution in [2.75, 3.05) is 7.05 Å². The third-order valence-electron chi connectivity index (χ3n) is 4.01. The molecular formula is C17H18FNO. The summed E-state index contributed by atoms with van der Waals surface area (Å²) < 4.78 is 19.2. The van der Waals surface area contributed by atoms with E-state index in [4.69, 9.17) is 4.74 Å². The van der Waals surface area contributed by atoms with Gasteiger partial charge in [-0.1, -0.05) is 42.5 Å². The van der Waals surface area contributed by atoms with Crippen molar-refractivity contribution in [3.05, 3.63) is 71.5 Å². The van der Waals surface area contributed by atoms with E-state index in [2.05, 4.69) is 24.0 Å². The molecule has 1 heterocycles. The summed E-state index contributed by atoms with van der Waals surface area (Å²) in [5, 5.41) is 0. The largest absolute Gasteiger partial charge is 0.349 e. The second-order valence-corrected chi connectivity index (χ2v) is 5.28. The molecule has 3 heteroatoms. The van der Waals surface area contributed by atoms with Gasteiger partial charge in [0.1, 0.15) is 18.1 Å². The van der Waals surface area contributed by atoms with Crippen molar-refractivity contribution in [2.24, 2.45) is 0 Å². The second kappa shape index (κ2) is 5.35. The van der Waals surface area contributed by atoms with Crippen molar-refractivity contribution in [3.8, 4) is 0 Å². The van der Waals surface area contributed by atoms with E-state index in [0.717, 1.165) is 5.56 Å². The predicted octanol–water partition coefficient (Wildman–Crippen LogP) is 3.92. The van der Waals surface area contributed by atoms with Gasteiger partial charge in [-0.25, -0.2) is 4.39 Å². The molecule has 20 heavy (non-hydrogen) atoms. The van der Waals surface area contributed by atoms with Crippen LogP contribution in [0.15, 0.2) is 54.6 Å². The minimum absolute atomic E-state index is 0.0382. The standard InChI is InChI=1S/C17H18FNO/c1-12-16(13-6-4-3-5-7-13)20-17(19(12)2)14-8-10-15(18)11-9-14/h3-12,16-17H,1-2H3/t12-,16+,17-/m0/s1. The Hall–Kier alpha value is -1.71. The molecule has 1 saturated heterocycles. The zero-order valence-electron chi connectivity index (χ0n) is 11.7. The van der Waals surface area contributed by atoms with Crippen LogP contribution in [0.4, 0.5) is 4.39 Å². The van der Waals surface area contributed by atoms with Crippen LogP contribution in [0, 0.1) is 5.82 Å². The Morgan fingerprint density at radius 2 is 1.60 bits per heavy atom. The highest BCUT2D eigenvalue weighted by molar-refractivity contribution is 5.24. The summed E-state index contributed by atoms with van der Waals surface area (Å²) in [4.78, 5) is 2.19. The van der Waals surface area contributed by atoms with Gasteiger partial charge in [-0.2, -0.15) is 0 Å².